The number of aryl methyl sites for hydroxylation is 1. The minimum atomic E-state index is -2.50. The van der Waals surface area contributed by atoms with Crippen LogP contribution in [-0.4, -0.2) is 37.1 Å². The zero-order valence-corrected chi connectivity index (χ0v) is 10.7. The van der Waals surface area contributed by atoms with Gasteiger partial charge in [-0.3, -0.25) is 4.79 Å². The number of carbonyl (C=O) groups excluding carboxylic acids is 1. The number of nitrogen functional groups attached to an aromatic ring is 1. The highest BCUT2D eigenvalue weighted by Crippen LogP contribution is 2.08. The number of anilines is 1. The number of nitrogens with zero attached hydrogens (tertiary/aromatic N) is 1. The summed E-state index contributed by atoms with van der Waals surface area (Å²) in [5.41, 5.74) is 6.71. The molecule has 1 rings (SSSR count). The second kappa shape index (κ2) is 7.63. The average molecular weight is 273 g/mol. The molecule has 0 aliphatic rings. The summed E-state index contributed by atoms with van der Waals surface area (Å²) in [4.78, 5) is 15.8. The van der Waals surface area contributed by atoms with E-state index >= 15 is 0 Å². The number of ether oxygens (including phenoxy) is 1. The Kier molecular flexibility index (Phi) is 6.14. The molecule has 7 heteroatoms. The topological polar surface area (TPSA) is 77.2 Å². The summed E-state index contributed by atoms with van der Waals surface area (Å²) in [6.07, 6.45) is -1.83. The first-order valence-electron chi connectivity index (χ1n) is 5.93. The van der Waals surface area contributed by atoms with Crippen LogP contribution in [0.5, 0.6) is 0 Å². The van der Waals surface area contributed by atoms with Crippen molar-refractivity contribution in [1.82, 2.24) is 10.3 Å². The van der Waals surface area contributed by atoms with E-state index in [2.05, 4.69) is 15.0 Å². The van der Waals surface area contributed by atoms with E-state index in [0.29, 0.717) is 12.0 Å². The fourth-order valence-electron chi connectivity index (χ4n) is 1.43. The van der Waals surface area contributed by atoms with Crippen molar-refractivity contribution >= 4 is 11.7 Å². The third-order valence-electron chi connectivity index (χ3n) is 2.30. The maximum Gasteiger partial charge on any atom is 0.261 e. The summed E-state index contributed by atoms with van der Waals surface area (Å²) in [6.45, 7) is 1.48. The number of alkyl halides is 2. The molecule has 0 fully saturated rings. The summed E-state index contributed by atoms with van der Waals surface area (Å²) in [5.74, 6) is -0.0529. The predicted octanol–water partition coefficient (Wildman–Crippen LogP) is 1.24. The van der Waals surface area contributed by atoms with Crippen molar-refractivity contribution in [2.45, 2.75) is 19.8 Å². The standard InChI is InChI=1S/C12H17F2N3O2/c1-2-9-5-8(6-11(15)17-9)12(18)16-3-4-19-7-10(13)14/h5-6,10H,2-4,7H2,1H3,(H2,15,17)(H,16,18). The van der Waals surface area contributed by atoms with Gasteiger partial charge in [0.05, 0.1) is 6.61 Å². The lowest BCUT2D eigenvalue weighted by atomic mass is 10.2. The lowest BCUT2D eigenvalue weighted by Crippen LogP contribution is -2.28. The number of halogens is 2. The molecule has 3 N–H and O–H groups in total. The first kappa shape index (κ1) is 15.3. The van der Waals surface area contributed by atoms with Crippen LogP contribution in [0.4, 0.5) is 14.6 Å². The number of pyridine rings is 1. The summed E-state index contributed by atoms with van der Waals surface area (Å²) in [6, 6.07) is 3.11. The van der Waals surface area contributed by atoms with Crippen molar-refractivity contribution in [3.8, 4) is 0 Å². The van der Waals surface area contributed by atoms with Crippen LogP contribution in [0.1, 0.15) is 23.0 Å². The monoisotopic (exact) mass is 273 g/mol. The first-order chi connectivity index (χ1) is 9.02. The van der Waals surface area contributed by atoms with Gasteiger partial charge in [-0.25, -0.2) is 13.8 Å². The zero-order valence-electron chi connectivity index (χ0n) is 10.7. The number of amides is 1. The summed E-state index contributed by atoms with van der Waals surface area (Å²) >= 11 is 0. The van der Waals surface area contributed by atoms with E-state index in [9.17, 15) is 13.6 Å². The molecule has 0 bridgehead atoms. The molecule has 1 heterocycles. The van der Waals surface area contributed by atoms with Crippen molar-refractivity contribution in [2.24, 2.45) is 0 Å². The number of nitrogens with one attached hydrogen (secondary N) is 1. The molecule has 0 aliphatic carbocycles. The van der Waals surface area contributed by atoms with Gasteiger partial charge < -0.3 is 15.8 Å². The van der Waals surface area contributed by atoms with Gasteiger partial charge in [-0.1, -0.05) is 6.92 Å². The van der Waals surface area contributed by atoms with Gasteiger partial charge in [-0.2, -0.15) is 0 Å². The van der Waals surface area contributed by atoms with E-state index in [4.69, 9.17) is 5.73 Å². The molecule has 1 aromatic heterocycles. The Hall–Kier alpha value is -1.76. The molecular weight excluding hydrogens is 256 g/mol. The SMILES string of the molecule is CCc1cc(C(=O)NCCOCC(F)F)cc(N)n1. The largest absolute Gasteiger partial charge is 0.384 e. The number of hydrogen-bond acceptors (Lipinski definition) is 4. The molecule has 0 radical (unpaired) electrons. The predicted molar refractivity (Wildman–Crippen MR) is 67.2 cm³/mol. The van der Waals surface area contributed by atoms with Gasteiger partial charge in [-0.15, -0.1) is 0 Å². The fourth-order valence-corrected chi connectivity index (χ4v) is 1.43. The maximum absolute atomic E-state index is 11.8. The summed E-state index contributed by atoms with van der Waals surface area (Å²) in [5, 5.41) is 2.56. The van der Waals surface area contributed by atoms with Crippen molar-refractivity contribution in [2.75, 3.05) is 25.5 Å². The van der Waals surface area contributed by atoms with E-state index in [0.717, 1.165) is 5.69 Å². The number of nitrogens with two attached hydrogens (primary N) is 1. The molecular formula is C12H17F2N3O2. The maximum atomic E-state index is 11.8. The molecule has 5 nitrogen and oxygen atoms in total. The van der Waals surface area contributed by atoms with Gasteiger partial charge in [0.1, 0.15) is 12.4 Å². The number of hydrogen-bond donors (Lipinski definition) is 2. The third-order valence-corrected chi connectivity index (χ3v) is 2.30. The number of carbonyl (C=O) groups is 1. The van der Waals surface area contributed by atoms with Crippen LogP contribution in [0.25, 0.3) is 0 Å². The van der Waals surface area contributed by atoms with E-state index in [-0.39, 0.29) is 24.9 Å². The normalized spacial score (nSPS) is 10.7. The highest BCUT2D eigenvalue weighted by atomic mass is 19.3. The molecule has 106 valence electrons. The van der Waals surface area contributed by atoms with Crippen molar-refractivity contribution in [3.63, 3.8) is 0 Å². The molecule has 0 saturated heterocycles. The Morgan fingerprint density at radius 2 is 2.26 bits per heavy atom. The highest BCUT2D eigenvalue weighted by Gasteiger charge is 2.08. The number of aromatic nitrogens is 1. The fraction of sp³-hybridized carbons (Fsp3) is 0.500. The minimum Gasteiger partial charge on any atom is -0.384 e. The van der Waals surface area contributed by atoms with Crippen molar-refractivity contribution in [3.05, 3.63) is 23.4 Å². The Morgan fingerprint density at radius 1 is 1.53 bits per heavy atom. The van der Waals surface area contributed by atoms with E-state index in [1.807, 2.05) is 6.92 Å². The molecule has 0 spiro atoms. The molecule has 0 aliphatic heterocycles. The molecule has 0 atom stereocenters. The van der Waals surface area contributed by atoms with Crippen LogP contribution in [-0.2, 0) is 11.2 Å². The van der Waals surface area contributed by atoms with E-state index in [1.165, 1.54) is 6.07 Å². The van der Waals surface area contributed by atoms with E-state index < -0.39 is 13.0 Å². The first-order valence-corrected chi connectivity index (χ1v) is 5.93. The Bertz CT molecular complexity index is 427. The van der Waals surface area contributed by atoms with Gasteiger partial charge in [0.2, 0.25) is 0 Å². The third kappa shape index (κ3) is 5.60. The lowest BCUT2D eigenvalue weighted by Gasteiger charge is -2.07. The summed E-state index contributed by atoms with van der Waals surface area (Å²) < 4.78 is 28.2. The van der Waals surface area contributed by atoms with Gasteiger partial charge in [0.15, 0.2) is 0 Å². The van der Waals surface area contributed by atoms with Crippen LogP contribution in [0, 0.1) is 0 Å². The van der Waals surface area contributed by atoms with Gasteiger partial charge in [-0.05, 0) is 18.6 Å². The van der Waals surface area contributed by atoms with Crippen molar-refractivity contribution in [1.29, 1.82) is 0 Å². The van der Waals surface area contributed by atoms with E-state index in [1.54, 1.807) is 6.07 Å². The van der Waals surface area contributed by atoms with Gasteiger partial charge in [0.25, 0.3) is 12.3 Å². The second-order valence-corrected chi connectivity index (χ2v) is 3.85. The molecule has 0 aromatic carbocycles. The quantitative estimate of drug-likeness (QED) is 0.733. The minimum absolute atomic E-state index is 0.0390. The molecule has 0 saturated carbocycles. The average Bonchev–Trinajstić information content (AvgIpc) is 2.36. The van der Waals surface area contributed by atoms with Gasteiger partial charge >= 0.3 is 0 Å². The lowest BCUT2D eigenvalue weighted by molar-refractivity contribution is 0.0188. The highest BCUT2D eigenvalue weighted by molar-refractivity contribution is 5.94. The van der Waals surface area contributed by atoms with Gasteiger partial charge in [0, 0.05) is 17.8 Å². The van der Waals surface area contributed by atoms with Crippen molar-refractivity contribution < 1.29 is 18.3 Å². The smallest absolute Gasteiger partial charge is 0.261 e. The Morgan fingerprint density at radius 3 is 2.89 bits per heavy atom. The zero-order chi connectivity index (χ0) is 14.3. The summed E-state index contributed by atoms with van der Waals surface area (Å²) in [7, 11) is 0. The number of rotatable bonds is 7. The van der Waals surface area contributed by atoms with Crippen LogP contribution >= 0.6 is 0 Å². The second-order valence-electron chi connectivity index (χ2n) is 3.85. The Labute approximate surface area is 110 Å². The van der Waals surface area contributed by atoms with Crippen LogP contribution < -0.4 is 11.1 Å². The van der Waals surface area contributed by atoms with Crippen LogP contribution in [0.2, 0.25) is 0 Å². The van der Waals surface area contributed by atoms with Crippen LogP contribution in [0.3, 0.4) is 0 Å². The molecule has 0 unspecified atom stereocenters. The van der Waals surface area contributed by atoms with Crippen LogP contribution in [0.15, 0.2) is 12.1 Å². The molecule has 19 heavy (non-hydrogen) atoms. The molecule has 1 aromatic rings. The Balaban J connectivity index is 2.43. The molecule has 1 amide bonds.